The monoisotopic (exact) mass is 407 g/mol. The van der Waals surface area contributed by atoms with Crippen molar-refractivity contribution in [2.45, 2.75) is 55.9 Å². The fourth-order valence-electron chi connectivity index (χ4n) is 3.77. The van der Waals surface area contributed by atoms with E-state index in [-0.39, 0.29) is 17.5 Å². The highest BCUT2D eigenvalue weighted by atomic mass is 32.2. The molecule has 0 bridgehead atoms. The van der Waals surface area contributed by atoms with Crippen LogP contribution in [0.2, 0.25) is 0 Å². The molecule has 1 aromatic carbocycles. The molecule has 1 aromatic heterocycles. The summed E-state index contributed by atoms with van der Waals surface area (Å²) in [5.74, 6) is 0.492. The van der Waals surface area contributed by atoms with E-state index in [4.69, 9.17) is 4.18 Å². The Kier molecular flexibility index (Phi) is 7.47. The molecule has 1 fully saturated rings. The summed E-state index contributed by atoms with van der Waals surface area (Å²) >= 11 is 1.73. The molecule has 3 rings (SSSR count). The zero-order chi connectivity index (χ0) is 19.1. The van der Waals surface area contributed by atoms with Gasteiger partial charge in [0, 0.05) is 6.04 Å². The highest BCUT2D eigenvalue weighted by Crippen LogP contribution is 2.33. The molecule has 6 heteroatoms. The Labute approximate surface area is 167 Å². The predicted octanol–water partition coefficient (Wildman–Crippen LogP) is 4.89. The lowest BCUT2D eigenvalue weighted by Gasteiger charge is -2.39. The average Bonchev–Trinajstić information content (AvgIpc) is 3.23. The van der Waals surface area contributed by atoms with E-state index in [2.05, 4.69) is 28.7 Å². The van der Waals surface area contributed by atoms with Gasteiger partial charge in [0.15, 0.2) is 0 Å². The lowest BCUT2D eigenvalue weighted by atomic mass is 9.87. The number of likely N-dealkylation sites (tertiary alicyclic amines) is 1. The van der Waals surface area contributed by atoms with Gasteiger partial charge in [0.1, 0.15) is 0 Å². The van der Waals surface area contributed by atoms with E-state index in [9.17, 15) is 8.42 Å². The van der Waals surface area contributed by atoms with Gasteiger partial charge in [0.2, 0.25) is 0 Å². The number of unbranched alkanes of at least 4 members (excludes halogenated alkanes) is 2. The van der Waals surface area contributed by atoms with Gasteiger partial charge >= 0.3 is 0 Å². The standard InChI is InChI=1S/C21H29NO3S2/c1-2-3-7-12-22-13-10-18(19-11-14-26-17-19)15-20(22)16-25-27(23,24)21-8-5-4-6-9-21/h4-6,8-9,11,14,17-18,20H,2-3,7,10,12-13,15-16H2,1H3. The lowest BCUT2D eigenvalue weighted by molar-refractivity contribution is 0.0905. The SMILES string of the molecule is CCCCCN1CCC(c2ccsc2)CC1COS(=O)(=O)c1ccccc1. The third-order valence-corrected chi connectivity index (χ3v) is 7.35. The second kappa shape index (κ2) is 9.82. The van der Waals surface area contributed by atoms with Gasteiger partial charge in [-0.3, -0.25) is 9.08 Å². The number of hydrogen-bond acceptors (Lipinski definition) is 5. The Morgan fingerprint density at radius 2 is 2.00 bits per heavy atom. The summed E-state index contributed by atoms with van der Waals surface area (Å²) in [7, 11) is -3.70. The van der Waals surface area contributed by atoms with Crippen LogP contribution in [0.15, 0.2) is 52.1 Å². The Morgan fingerprint density at radius 3 is 2.70 bits per heavy atom. The first-order valence-electron chi connectivity index (χ1n) is 9.81. The van der Waals surface area contributed by atoms with Gasteiger partial charge in [0.25, 0.3) is 10.1 Å². The van der Waals surface area contributed by atoms with Crippen LogP contribution < -0.4 is 0 Å². The maximum atomic E-state index is 12.5. The molecule has 0 amide bonds. The van der Waals surface area contributed by atoms with Crippen LogP contribution in [0.25, 0.3) is 0 Å². The molecule has 0 aliphatic carbocycles. The number of hydrogen-bond donors (Lipinski definition) is 0. The van der Waals surface area contributed by atoms with Gasteiger partial charge in [-0.25, -0.2) is 0 Å². The van der Waals surface area contributed by atoms with Crippen molar-refractivity contribution >= 4 is 21.5 Å². The molecule has 148 valence electrons. The summed E-state index contributed by atoms with van der Waals surface area (Å²) in [6.07, 6.45) is 5.63. The number of nitrogens with zero attached hydrogens (tertiary/aromatic N) is 1. The van der Waals surface area contributed by atoms with E-state index in [1.54, 1.807) is 41.7 Å². The Hall–Kier alpha value is -1.21. The zero-order valence-electron chi connectivity index (χ0n) is 15.9. The van der Waals surface area contributed by atoms with Crippen LogP contribution in [0.3, 0.4) is 0 Å². The minimum absolute atomic E-state index is 0.138. The molecule has 2 aromatic rings. The van der Waals surface area contributed by atoms with E-state index in [1.165, 1.54) is 18.4 Å². The number of benzene rings is 1. The fraction of sp³-hybridized carbons (Fsp3) is 0.524. The third-order valence-electron chi connectivity index (χ3n) is 5.35. The van der Waals surface area contributed by atoms with Gasteiger partial charge < -0.3 is 0 Å². The average molecular weight is 408 g/mol. The Morgan fingerprint density at radius 1 is 1.19 bits per heavy atom. The zero-order valence-corrected chi connectivity index (χ0v) is 17.6. The highest BCUT2D eigenvalue weighted by Gasteiger charge is 2.31. The summed E-state index contributed by atoms with van der Waals surface area (Å²) in [4.78, 5) is 2.66. The van der Waals surface area contributed by atoms with Crippen molar-refractivity contribution in [1.29, 1.82) is 0 Å². The molecule has 0 radical (unpaired) electrons. The van der Waals surface area contributed by atoms with Crippen molar-refractivity contribution in [3.05, 3.63) is 52.7 Å². The van der Waals surface area contributed by atoms with Crippen LogP contribution in [0.4, 0.5) is 0 Å². The van der Waals surface area contributed by atoms with Gasteiger partial charge in [-0.05, 0) is 72.8 Å². The molecule has 0 spiro atoms. The van der Waals surface area contributed by atoms with Crippen molar-refractivity contribution < 1.29 is 12.6 Å². The molecule has 2 atom stereocenters. The molecule has 2 heterocycles. The first-order valence-corrected chi connectivity index (χ1v) is 12.2. The molecule has 1 aliphatic rings. The topological polar surface area (TPSA) is 46.6 Å². The van der Waals surface area contributed by atoms with Crippen molar-refractivity contribution in [3.8, 4) is 0 Å². The molecule has 4 nitrogen and oxygen atoms in total. The summed E-state index contributed by atoms with van der Waals surface area (Å²) < 4.78 is 30.5. The third kappa shape index (κ3) is 5.64. The van der Waals surface area contributed by atoms with Gasteiger partial charge in [-0.15, -0.1) is 0 Å². The molecule has 1 aliphatic heterocycles. The first-order chi connectivity index (χ1) is 13.1. The van der Waals surface area contributed by atoms with E-state index in [0.29, 0.717) is 5.92 Å². The maximum absolute atomic E-state index is 12.5. The van der Waals surface area contributed by atoms with Crippen LogP contribution >= 0.6 is 11.3 Å². The highest BCUT2D eigenvalue weighted by molar-refractivity contribution is 7.86. The molecule has 0 saturated carbocycles. The van der Waals surface area contributed by atoms with Gasteiger partial charge in [0.05, 0.1) is 11.5 Å². The number of rotatable bonds is 9. The minimum Gasteiger partial charge on any atom is -0.298 e. The second-order valence-electron chi connectivity index (χ2n) is 7.23. The summed E-state index contributed by atoms with van der Waals surface area (Å²) in [5, 5.41) is 4.34. The van der Waals surface area contributed by atoms with E-state index < -0.39 is 10.1 Å². The lowest BCUT2D eigenvalue weighted by Crippen LogP contribution is -2.45. The normalized spacial score (nSPS) is 21.4. The molecule has 27 heavy (non-hydrogen) atoms. The number of piperidine rings is 1. The summed E-state index contributed by atoms with van der Waals surface area (Å²) in [6, 6.07) is 10.8. The first kappa shape index (κ1) is 20.5. The Balaban J connectivity index is 1.66. The van der Waals surface area contributed by atoms with Crippen LogP contribution in [0.1, 0.15) is 50.5 Å². The second-order valence-corrected chi connectivity index (χ2v) is 9.62. The van der Waals surface area contributed by atoms with Crippen LogP contribution in [-0.2, 0) is 14.3 Å². The van der Waals surface area contributed by atoms with Crippen LogP contribution in [-0.4, -0.2) is 39.1 Å². The van der Waals surface area contributed by atoms with Crippen molar-refractivity contribution in [2.75, 3.05) is 19.7 Å². The largest absolute Gasteiger partial charge is 0.298 e. The van der Waals surface area contributed by atoms with E-state index in [1.807, 2.05) is 0 Å². The van der Waals surface area contributed by atoms with Crippen molar-refractivity contribution in [2.24, 2.45) is 0 Å². The predicted molar refractivity (Wildman–Crippen MR) is 111 cm³/mol. The minimum atomic E-state index is -3.70. The molecule has 2 unspecified atom stereocenters. The smallest absolute Gasteiger partial charge is 0.297 e. The van der Waals surface area contributed by atoms with E-state index >= 15 is 0 Å². The van der Waals surface area contributed by atoms with Gasteiger partial charge in [-0.1, -0.05) is 38.0 Å². The molecular weight excluding hydrogens is 378 g/mol. The number of thiophene rings is 1. The van der Waals surface area contributed by atoms with Gasteiger partial charge in [-0.2, -0.15) is 19.8 Å². The van der Waals surface area contributed by atoms with Crippen molar-refractivity contribution in [3.63, 3.8) is 0 Å². The van der Waals surface area contributed by atoms with E-state index in [0.717, 1.165) is 32.4 Å². The summed E-state index contributed by atoms with van der Waals surface area (Å²) in [6.45, 7) is 4.45. The van der Waals surface area contributed by atoms with Crippen LogP contribution in [0.5, 0.6) is 0 Å². The molecule has 0 N–H and O–H groups in total. The molecular formula is C21H29NO3S2. The summed E-state index contributed by atoms with van der Waals surface area (Å²) in [5.41, 5.74) is 1.38. The van der Waals surface area contributed by atoms with Crippen LogP contribution in [0, 0.1) is 0 Å². The fourth-order valence-corrected chi connectivity index (χ4v) is 5.47. The van der Waals surface area contributed by atoms with Crippen molar-refractivity contribution in [1.82, 2.24) is 4.90 Å². The molecule has 1 saturated heterocycles. The quantitative estimate of drug-likeness (QED) is 0.438. The maximum Gasteiger partial charge on any atom is 0.297 e. The Bertz CT molecular complexity index is 775.